The van der Waals surface area contributed by atoms with E-state index in [9.17, 15) is 4.39 Å². The highest BCUT2D eigenvalue weighted by molar-refractivity contribution is 5.86. The van der Waals surface area contributed by atoms with Gasteiger partial charge < -0.3 is 4.57 Å². The molecule has 4 rings (SSSR count). The molecule has 4 aromatic rings. The van der Waals surface area contributed by atoms with Gasteiger partial charge in [0.05, 0.1) is 11.7 Å². The molecular formula is C17H13FN4. The van der Waals surface area contributed by atoms with Crippen molar-refractivity contribution in [2.75, 3.05) is 0 Å². The van der Waals surface area contributed by atoms with E-state index in [0.717, 1.165) is 27.8 Å². The molecule has 0 radical (unpaired) electrons. The van der Waals surface area contributed by atoms with Crippen molar-refractivity contribution in [3.05, 3.63) is 66.7 Å². The first kappa shape index (κ1) is 12.8. The highest BCUT2D eigenvalue weighted by atomic mass is 19.1. The molecule has 0 spiro atoms. The van der Waals surface area contributed by atoms with Crippen molar-refractivity contribution in [2.24, 2.45) is 7.05 Å². The molecule has 0 fully saturated rings. The summed E-state index contributed by atoms with van der Waals surface area (Å²) in [4.78, 5) is 1.54. The number of halogens is 1. The monoisotopic (exact) mass is 292 g/mol. The molecule has 0 saturated carbocycles. The summed E-state index contributed by atoms with van der Waals surface area (Å²) in [6.45, 7) is 0. The Kier molecular flexibility index (Phi) is 2.79. The van der Waals surface area contributed by atoms with E-state index in [1.165, 1.54) is 12.1 Å². The Morgan fingerprint density at radius 1 is 1.00 bits per heavy atom. The molecule has 0 bridgehead atoms. The molecule has 0 atom stereocenters. The number of aryl methyl sites for hydroxylation is 1. The van der Waals surface area contributed by atoms with E-state index in [4.69, 9.17) is 0 Å². The Morgan fingerprint density at radius 2 is 1.82 bits per heavy atom. The van der Waals surface area contributed by atoms with Crippen LogP contribution in [0.1, 0.15) is 0 Å². The smallest absolute Gasteiger partial charge is 0.123 e. The lowest BCUT2D eigenvalue weighted by Crippen LogP contribution is -1.92. The molecule has 4 nitrogen and oxygen atoms in total. The Morgan fingerprint density at radius 3 is 2.55 bits per heavy atom. The van der Waals surface area contributed by atoms with E-state index in [1.54, 1.807) is 30.2 Å². The molecule has 22 heavy (non-hydrogen) atoms. The minimum Gasteiger partial charge on any atom is -0.317 e. The molecule has 2 aromatic heterocycles. The summed E-state index contributed by atoms with van der Waals surface area (Å²) in [6.07, 6.45) is 3.73. The van der Waals surface area contributed by atoms with Crippen LogP contribution in [-0.4, -0.2) is 19.6 Å². The van der Waals surface area contributed by atoms with Gasteiger partial charge >= 0.3 is 0 Å². The topological polar surface area (TPSA) is 35.6 Å². The Labute approximate surface area is 126 Å². The Balaban J connectivity index is 1.82. The summed E-state index contributed by atoms with van der Waals surface area (Å²) in [7, 11) is 1.80. The van der Waals surface area contributed by atoms with E-state index in [0.29, 0.717) is 0 Å². The maximum absolute atomic E-state index is 13.1. The zero-order valence-corrected chi connectivity index (χ0v) is 11.9. The number of hydrogen-bond donors (Lipinski definition) is 0. The lowest BCUT2D eigenvalue weighted by Gasteiger charge is -2.06. The van der Waals surface area contributed by atoms with Crippen LogP contribution >= 0.6 is 0 Å². The van der Waals surface area contributed by atoms with E-state index >= 15 is 0 Å². The summed E-state index contributed by atoms with van der Waals surface area (Å²) in [5.41, 5.74) is 3.87. The molecule has 0 saturated heterocycles. The first-order chi connectivity index (χ1) is 10.7. The van der Waals surface area contributed by atoms with E-state index in [2.05, 4.69) is 16.3 Å². The van der Waals surface area contributed by atoms with Crippen LogP contribution < -0.4 is 0 Å². The van der Waals surface area contributed by atoms with Crippen LogP contribution in [0.2, 0.25) is 0 Å². The zero-order chi connectivity index (χ0) is 15.1. The standard InChI is InChI=1S/C17H13FN4/c1-21-19-11-16(20-21)12-2-7-17-13(10-12)8-9-22(17)15-5-3-14(18)4-6-15/h2-11H,1H3. The third kappa shape index (κ3) is 2.07. The minimum absolute atomic E-state index is 0.231. The van der Waals surface area contributed by atoms with Crippen LogP contribution in [0.25, 0.3) is 27.8 Å². The number of rotatable bonds is 2. The summed E-state index contributed by atoms with van der Waals surface area (Å²) in [6, 6.07) is 14.7. The van der Waals surface area contributed by atoms with Crippen molar-refractivity contribution in [1.29, 1.82) is 0 Å². The molecule has 108 valence electrons. The Hall–Kier alpha value is -2.95. The summed E-state index contributed by atoms with van der Waals surface area (Å²) < 4.78 is 15.1. The van der Waals surface area contributed by atoms with Gasteiger partial charge in [-0.1, -0.05) is 6.07 Å². The summed E-state index contributed by atoms with van der Waals surface area (Å²) in [5, 5.41) is 9.52. The van der Waals surface area contributed by atoms with Crippen molar-refractivity contribution in [3.63, 3.8) is 0 Å². The quantitative estimate of drug-likeness (QED) is 0.566. The van der Waals surface area contributed by atoms with Crippen LogP contribution in [0, 0.1) is 5.82 Å². The van der Waals surface area contributed by atoms with Crippen molar-refractivity contribution in [3.8, 4) is 16.9 Å². The fraction of sp³-hybridized carbons (Fsp3) is 0.0588. The molecule has 0 N–H and O–H groups in total. The van der Waals surface area contributed by atoms with Gasteiger partial charge in [-0.05, 0) is 42.5 Å². The third-order valence-electron chi connectivity index (χ3n) is 3.69. The molecule has 5 heteroatoms. The van der Waals surface area contributed by atoms with Crippen LogP contribution in [0.3, 0.4) is 0 Å². The lowest BCUT2D eigenvalue weighted by atomic mass is 10.1. The second-order valence-electron chi connectivity index (χ2n) is 5.16. The second-order valence-corrected chi connectivity index (χ2v) is 5.16. The highest BCUT2D eigenvalue weighted by Gasteiger charge is 2.07. The summed E-state index contributed by atoms with van der Waals surface area (Å²) in [5.74, 6) is -0.231. The average Bonchev–Trinajstić information content (AvgIpc) is 3.14. The largest absolute Gasteiger partial charge is 0.317 e. The first-order valence-electron chi connectivity index (χ1n) is 6.94. The van der Waals surface area contributed by atoms with Gasteiger partial charge in [-0.3, -0.25) is 0 Å². The van der Waals surface area contributed by atoms with Gasteiger partial charge in [0, 0.05) is 29.9 Å². The zero-order valence-electron chi connectivity index (χ0n) is 11.9. The lowest BCUT2D eigenvalue weighted by molar-refractivity contribution is 0.627. The van der Waals surface area contributed by atoms with Gasteiger partial charge in [0.15, 0.2) is 0 Å². The molecular weight excluding hydrogens is 279 g/mol. The summed E-state index contributed by atoms with van der Waals surface area (Å²) >= 11 is 0. The molecule has 0 amide bonds. The fourth-order valence-electron chi connectivity index (χ4n) is 2.61. The molecule has 0 unspecified atom stereocenters. The molecule has 0 aliphatic carbocycles. The van der Waals surface area contributed by atoms with Crippen molar-refractivity contribution < 1.29 is 4.39 Å². The van der Waals surface area contributed by atoms with Crippen molar-refractivity contribution in [2.45, 2.75) is 0 Å². The van der Waals surface area contributed by atoms with E-state index in [1.807, 2.05) is 29.0 Å². The SMILES string of the molecule is Cn1ncc(-c2ccc3c(ccn3-c3ccc(F)cc3)c2)n1. The van der Waals surface area contributed by atoms with Gasteiger partial charge in [-0.25, -0.2) is 4.39 Å². The molecule has 2 aromatic carbocycles. The minimum atomic E-state index is -0.231. The predicted molar refractivity (Wildman–Crippen MR) is 83.2 cm³/mol. The molecule has 2 heterocycles. The molecule has 0 aliphatic heterocycles. The number of hydrogen-bond acceptors (Lipinski definition) is 2. The highest BCUT2D eigenvalue weighted by Crippen LogP contribution is 2.25. The Bertz CT molecular complexity index is 950. The van der Waals surface area contributed by atoms with Gasteiger partial charge in [0.1, 0.15) is 11.5 Å². The first-order valence-corrected chi connectivity index (χ1v) is 6.94. The van der Waals surface area contributed by atoms with Gasteiger partial charge in [-0.15, -0.1) is 0 Å². The predicted octanol–water partition coefficient (Wildman–Crippen LogP) is 3.57. The molecule has 0 aliphatic rings. The van der Waals surface area contributed by atoms with Crippen LogP contribution in [-0.2, 0) is 7.05 Å². The average molecular weight is 292 g/mol. The van der Waals surface area contributed by atoms with Gasteiger partial charge in [0.25, 0.3) is 0 Å². The van der Waals surface area contributed by atoms with Crippen LogP contribution in [0.15, 0.2) is 60.9 Å². The number of benzene rings is 2. The fourth-order valence-corrected chi connectivity index (χ4v) is 2.61. The third-order valence-corrected chi connectivity index (χ3v) is 3.69. The van der Waals surface area contributed by atoms with Crippen molar-refractivity contribution >= 4 is 10.9 Å². The van der Waals surface area contributed by atoms with E-state index < -0.39 is 0 Å². The van der Waals surface area contributed by atoms with E-state index in [-0.39, 0.29) is 5.82 Å². The normalized spacial score (nSPS) is 11.2. The van der Waals surface area contributed by atoms with Crippen LogP contribution in [0.5, 0.6) is 0 Å². The maximum Gasteiger partial charge on any atom is 0.123 e. The maximum atomic E-state index is 13.1. The number of aromatic nitrogens is 4. The van der Waals surface area contributed by atoms with Crippen LogP contribution in [0.4, 0.5) is 4.39 Å². The number of nitrogens with zero attached hydrogens (tertiary/aromatic N) is 4. The second kappa shape index (κ2) is 4.80. The number of fused-ring (bicyclic) bond motifs is 1. The van der Waals surface area contributed by atoms with Gasteiger partial charge in [0.2, 0.25) is 0 Å². The van der Waals surface area contributed by atoms with Crippen molar-refractivity contribution in [1.82, 2.24) is 19.6 Å². The van der Waals surface area contributed by atoms with Gasteiger partial charge in [-0.2, -0.15) is 15.0 Å².